The Balaban J connectivity index is 1.94. The van der Waals surface area contributed by atoms with E-state index in [-0.39, 0.29) is 18.9 Å². The van der Waals surface area contributed by atoms with Crippen molar-refractivity contribution in [2.45, 2.75) is 128 Å². The van der Waals surface area contributed by atoms with Gasteiger partial charge in [0.05, 0.1) is 22.9 Å². The molecular weight excluding hydrogens is 604 g/mol. The number of hydrogen-bond acceptors (Lipinski definition) is 7. The van der Waals surface area contributed by atoms with Crippen LogP contribution in [-0.2, 0) is 30.6 Å². The number of nitrogens with zero attached hydrogens (tertiary/aromatic N) is 1. The Morgan fingerprint density at radius 1 is 0.935 bits per heavy atom. The largest absolute Gasteiger partial charge is 0.390 e. The van der Waals surface area contributed by atoms with E-state index in [0.29, 0.717) is 18.4 Å². The van der Waals surface area contributed by atoms with Crippen LogP contribution in [0.1, 0.15) is 93.1 Å². The zero-order valence-electron chi connectivity index (χ0n) is 29.4. The van der Waals surface area contributed by atoms with Gasteiger partial charge < -0.3 is 21.1 Å². The summed E-state index contributed by atoms with van der Waals surface area (Å²) in [7, 11) is -3.81. The molecule has 1 saturated carbocycles. The summed E-state index contributed by atoms with van der Waals surface area (Å²) in [6.45, 7) is 14.6. The van der Waals surface area contributed by atoms with Crippen molar-refractivity contribution in [2.75, 3.05) is 19.3 Å². The van der Waals surface area contributed by atoms with Crippen LogP contribution in [0.4, 0.5) is 0 Å². The van der Waals surface area contributed by atoms with Gasteiger partial charge in [0.2, 0.25) is 17.7 Å². The first-order chi connectivity index (χ1) is 21.1. The average molecular weight is 663 g/mol. The van der Waals surface area contributed by atoms with E-state index in [9.17, 15) is 27.9 Å². The molecule has 10 nitrogen and oxygen atoms in total. The number of nitrogens with one attached hydrogen (secondary N) is 3. The number of piperidine rings is 1. The highest BCUT2D eigenvalue weighted by Crippen LogP contribution is 2.39. The molecule has 1 aromatic carbocycles. The molecule has 2 aliphatic rings. The van der Waals surface area contributed by atoms with Gasteiger partial charge in [0.25, 0.3) is 0 Å². The summed E-state index contributed by atoms with van der Waals surface area (Å²) in [5, 5.41) is 20.6. The molecule has 46 heavy (non-hydrogen) atoms. The Hall–Kier alpha value is -2.50. The van der Waals surface area contributed by atoms with E-state index < -0.39 is 61.6 Å². The average Bonchev–Trinajstić information content (AvgIpc) is 2.93. The van der Waals surface area contributed by atoms with E-state index in [1.807, 2.05) is 51.1 Å². The first-order valence-corrected chi connectivity index (χ1v) is 18.6. The highest BCUT2D eigenvalue weighted by Gasteiger charge is 2.47. The minimum atomic E-state index is -3.81. The molecule has 0 spiro atoms. The predicted molar refractivity (Wildman–Crippen MR) is 182 cm³/mol. The molecule has 6 atom stereocenters. The van der Waals surface area contributed by atoms with Gasteiger partial charge in [-0.15, -0.1) is 0 Å². The number of carbonyl (C=O) groups excluding carboxylic acids is 3. The molecule has 260 valence electrons. The third kappa shape index (κ3) is 10.0. The third-order valence-electron chi connectivity index (χ3n) is 9.68. The molecule has 3 unspecified atom stereocenters. The van der Waals surface area contributed by atoms with E-state index >= 15 is 0 Å². The Kier molecular flexibility index (Phi) is 12.2. The molecule has 0 bridgehead atoms. The van der Waals surface area contributed by atoms with Crippen molar-refractivity contribution >= 4 is 27.6 Å². The molecule has 3 amide bonds. The lowest BCUT2D eigenvalue weighted by molar-refractivity contribution is -0.135. The van der Waals surface area contributed by atoms with Crippen molar-refractivity contribution in [2.24, 2.45) is 17.3 Å². The lowest BCUT2D eigenvalue weighted by atomic mass is 9.72. The van der Waals surface area contributed by atoms with Crippen LogP contribution >= 0.6 is 0 Å². The first kappa shape index (κ1) is 38.0. The number of aliphatic hydroxyl groups is 1. The van der Waals surface area contributed by atoms with Gasteiger partial charge in [0, 0.05) is 30.3 Å². The summed E-state index contributed by atoms with van der Waals surface area (Å²) in [5.41, 5.74) is -0.409. The molecule has 2 fully saturated rings. The zero-order valence-corrected chi connectivity index (χ0v) is 30.2. The van der Waals surface area contributed by atoms with Crippen molar-refractivity contribution < 1.29 is 27.9 Å². The Bertz CT molecular complexity index is 1320. The van der Waals surface area contributed by atoms with E-state index in [1.165, 1.54) is 20.3 Å². The number of amides is 3. The van der Waals surface area contributed by atoms with Gasteiger partial charge >= 0.3 is 0 Å². The second-order valence-corrected chi connectivity index (χ2v) is 18.8. The van der Waals surface area contributed by atoms with Crippen molar-refractivity contribution in [1.29, 1.82) is 0 Å². The SMILES string of the molecule is CC(C)(C)NC(=O)C1C[C@@H]2CCCC[C@@H]2CN1CC(O)C(Cc1ccccc1)NC(=O)[C@@H](NC(=O)C(C)(C)C)C(C)(C)S(C)(=O)=O. The van der Waals surface area contributed by atoms with Gasteiger partial charge in [-0.2, -0.15) is 0 Å². The zero-order chi connectivity index (χ0) is 34.7. The summed E-state index contributed by atoms with van der Waals surface area (Å²) in [6, 6.07) is 6.78. The molecule has 4 N–H and O–H groups in total. The lowest BCUT2D eigenvalue weighted by Gasteiger charge is -2.47. The summed E-state index contributed by atoms with van der Waals surface area (Å²) in [4.78, 5) is 42.8. The van der Waals surface area contributed by atoms with Crippen LogP contribution in [0, 0.1) is 17.3 Å². The van der Waals surface area contributed by atoms with Crippen LogP contribution in [0.15, 0.2) is 30.3 Å². The maximum absolute atomic E-state index is 14.0. The Morgan fingerprint density at radius 2 is 1.52 bits per heavy atom. The number of likely N-dealkylation sites (tertiary alicyclic amines) is 1. The highest BCUT2D eigenvalue weighted by atomic mass is 32.2. The number of hydrogen-bond donors (Lipinski definition) is 4. The second-order valence-electron chi connectivity index (χ2n) is 16.2. The number of benzene rings is 1. The van der Waals surface area contributed by atoms with Crippen LogP contribution in [0.5, 0.6) is 0 Å². The van der Waals surface area contributed by atoms with Crippen LogP contribution in [0.3, 0.4) is 0 Å². The minimum Gasteiger partial charge on any atom is -0.390 e. The molecule has 0 aromatic heterocycles. The van der Waals surface area contributed by atoms with Crippen LogP contribution in [0.25, 0.3) is 0 Å². The smallest absolute Gasteiger partial charge is 0.244 e. The Morgan fingerprint density at radius 3 is 2.07 bits per heavy atom. The summed E-state index contributed by atoms with van der Waals surface area (Å²) in [6.07, 6.45) is 5.46. The molecule has 1 saturated heterocycles. The monoisotopic (exact) mass is 662 g/mol. The van der Waals surface area contributed by atoms with Gasteiger partial charge in [0.1, 0.15) is 6.04 Å². The molecule has 1 aliphatic heterocycles. The standard InChI is InChI=1S/C35H58N4O6S/c1-33(2,3)32(43)37-29(35(7,8)46(9,44)45)31(42)36-26(19-23-15-11-10-12-16-23)28(40)22-39-21-25-18-14-13-17-24(25)20-27(39)30(41)38-34(4,5)6/h10-12,15-16,24-29,40H,13-14,17-22H2,1-9H3,(H,36,42)(H,37,43)(H,38,41)/t24-,25+,26?,27?,28?,29+/m0/s1. The van der Waals surface area contributed by atoms with Gasteiger partial charge in [0.15, 0.2) is 9.84 Å². The van der Waals surface area contributed by atoms with Gasteiger partial charge in [-0.1, -0.05) is 70.4 Å². The maximum Gasteiger partial charge on any atom is 0.244 e. The number of carbonyl (C=O) groups is 3. The Labute approximate surface area is 276 Å². The number of β-amino-alcohol motifs (C(OH)–C–C–N with tert-alkyl or cyclic N) is 1. The van der Waals surface area contributed by atoms with Crippen LogP contribution in [-0.4, -0.2) is 90.0 Å². The molecule has 0 radical (unpaired) electrons. The third-order valence-corrected chi connectivity index (χ3v) is 11.8. The van der Waals surface area contributed by atoms with Gasteiger partial charge in [-0.25, -0.2) is 8.42 Å². The second kappa shape index (κ2) is 14.7. The van der Waals surface area contributed by atoms with Crippen LogP contribution in [0.2, 0.25) is 0 Å². The van der Waals surface area contributed by atoms with Crippen molar-refractivity contribution in [3.8, 4) is 0 Å². The fourth-order valence-electron chi connectivity index (χ4n) is 6.53. The molecule has 1 aliphatic carbocycles. The van der Waals surface area contributed by atoms with E-state index in [0.717, 1.165) is 37.5 Å². The maximum atomic E-state index is 14.0. The molecular formula is C35H58N4O6S. The number of rotatable bonds is 11. The van der Waals surface area contributed by atoms with Crippen LogP contribution < -0.4 is 16.0 Å². The number of aliphatic hydroxyl groups excluding tert-OH is 1. The molecule has 1 heterocycles. The highest BCUT2D eigenvalue weighted by molar-refractivity contribution is 7.92. The summed E-state index contributed by atoms with van der Waals surface area (Å²) >= 11 is 0. The van der Waals surface area contributed by atoms with Crippen molar-refractivity contribution in [1.82, 2.24) is 20.9 Å². The summed E-state index contributed by atoms with van der Waals surface area (Å²) < 4.78 is 24.1. The topological polar surface area (TPSA) is 145 Å². The predicted octanol–water partition coefficient (Wildman–Crippen LogP) is 3.22. The normalized spacial score (nSPS) is 23.4. The fraction of sp³-hybridized carbons (Fsp3) is 0.743. The van der Waals surface area contributed by atoms with E-state index in [2.05, 4.69) is 20.9 Å². The van der Waals surface area contributed by atoms with Gasteiger partial charge in [-0.05, 0) is 71.3 Å². The quantitative estimate of drug-likeness (QED) is 0.285. The minimum absolute atomic E-state index is 0.0628. The van der Waals surface area contributed by atoms with E-state index in [1.54, 1.807) is 20.8 Å². The molecule has 1 aromatic rings. The van der Waals surface area contributed by atoms with Crippen molar-refractivity contribution in [3.63, 3.8) is 0 Å². The number of fused-ring (bicyclic) bond motifs is 1. The molecule has 11 heteroatoms. The van der Waals surface area contributed by atoms with E-state index in [4.69, 9.17) is 0 Å². The fourth-order valence-corrected chi connectivity index (χ4v) is 7.12. The van der Waals surface area contributed by atoms with Gasteiger partial charge in [-0.3, -0.25) is 19.3 Å². The van der Waals surface area contributed by atoms with Crippen molar-refractivity contribution in [3.05, 3.63) is 35.9 Å². The number of sulfone groups is 1. The summed E-state index contributed by atoms with van der Waals surface area (Å²) in [5.74, 6) is -0.321. The molecule has 3 rings (SSSR count). The first-order valence-electron chi connectivity index (χ1n) is 16.7. The lowest BCUT2D eigenvalue weighted by Crippen LogP contribution is -2.64.